The zero-order chi connectivity index (χ0) is 21.4. The van der Waals surface area contributed by atoms with Gasteiger partial charge in [0.2, 0.25) is 15.9 Å². The molecule has 1 heterocycles. The molecule has 1 aromatic carbocycles. The van der Waals surface area contributed by atoms with Crippen LogP contribution in [0.25, 0.3) is 0 Å². The highest BCUT2D eigenvalue weighted by atomic mass is 32.2. The van der Waals surface area contributed by atoms with Gasteiger partial charge in [-0.2, -0.15) is 4.31 Å². The molecular formula is C21H30N4O3S. The number of pyridine rings is 1. The summed E-state index contributed by atoms with van der Waals surface area (Å²) in [4.78, 5) is 18.6. The van der Waals surface area contributed by atoms with Crippen molar-refractivity contribution in [3.8, 4) is 0 Å². The van der Waals surface area contributed by atoms with E-state index in [0.717, 1.165) is 16.9 Å². The number of benzene rings is 1. The van der Waals surface area contributed by atoms with Gasteiger partial charge in [0.05, 0.1) is 4.90 Å². The van der Waals surface area contributed by atoms with E-state index in [4.69, 9.17) is 0 Å². The molecule has 0 saturated heterocycles. The molecular weight excluding hydrogens is 388 g/mol. The smallest absolute Gasteiger partial charge is 0.243 e. The van der Waals surface area contributed by atoms with Crippen LogP contribution in [0.3, 0.4) is 0 Å². The molecule has 0 aliphatic carbocycles. The lowest BCUT2D eigenvalue weighted by Gasteiger charge is -2.18. The number of anilines is 1. The van der Waals surface area contributed by atoms with E-state index in [1.165, 1.54) is 4.31 Å². The Morgan fingerprint density at radius 2 is 1.69 bits per heavy atom. The fourth-order valence-electron chi connectivity index (χ4n) is 2.90. The van der Waals surface area contributed by atoms with Gasteiger partial charge in [-0.05, 0) is 41.8 Å². The van der Waals surface area contributed by atoms with E-state index in [2.05, 4.69) is 10.3 Å². The summed E-state index contributed by atoms with van der Waals surface area (Å²) in [5.74, 6) is 0.796. The second-order valence-electron chi connectivity index (χ2n) is 6.93. The molecule has 2 rings (SSSR count). The van der Waals surface area contributed by atoms with Crippen LogP contribution in [-0.2, 0) is 27.8 Å². The van der Waals surface area contributed by atoms with Gasteiger partial charge in [0.1, 0.15) is 5.82 Å². The zero-order valence-corrected chi connectivity index (χ0v) is 18.4. The minimum absolute atomic E-state index is 0.0481. The Bertz CT molecular complexity index is 908. The summed E-state index contributed by atoms with van der Waals surface area (Å²) >= 11 is 0. The Labute approximate surface area is 173 Å². The second-order valence-corrected chi connectivity index (χ2v) is 8.86. The predicted molar refractivity (Wildman–Crippen MR) is 115 cm³/mol. The number of rotatable bonds is 10. The molecule has 2 aromatic rings. The van der Waals surface area contributed by atoms with Crippen LogP contribution in [0.1, 0.15) is 31.4 Å². The van der Waals surface area contributed by atoms with Crippen molar-refractivity contribution in [2.24, 2.45) is 0 Å². The minimum Gasteiger partial charge on any atom is -0.363 e. The van der Waals surface area contributed by atoms with Gasteiger partial charge in [-0.1, -0.05) is 26.0 Å². The molecule has 0 bridgehead atoms. The summed E-state index contributed by atoms with van der Waals surface area (Å²) in [6.45, 7) is 4.97. The summed E-state index contributed by atoms with van der Waals surface area (Å²) in [5.41, 5.74) is 1.92. The minimum atomic E-state index is -3.45. The van der Waals surface area contributed by atoms with Gasteiger partial charge < -0.3 is 10.2 Å². The van der Waals surface area contributed by atoms with Crippen molar-refractivity contribution in [1.29, 1.82) is 0 Å². The van der Waals surface area contributed by atoms with Gasteiger partial charge in [0, 0.05) is 46.3 Å². The summed E-state index contributed by atoms with van der Waals surface area (Å²) in [6.07, 6.45) is 2.62. The molecule has 0 aliphatic heterocycles. The average Bonchev–Trinajstić information content (AvgIpc) is 2.72. The number of sulfonamides is 1. The molecule has 0 fully saturated rings. The number of aryl methyl sites for hydroxylation is 1. The maximum atomic E-state index is 12.5. The van der Waals surface area contributed by atoms with Crippen molar-refractivity contribution in [2.75, 3.05) is 32.1 Å². The van der Waals surface area contributed by atoms with Crippen molar-refractivity contribution in [3.05, 3.63) is 53.7 Å². The number of nitrogens with zero attached hydrogens (tertiary/aromatic N) is 3. The largest absolute Gasteiger partial charge is 0.363 e. The highest BCUT2D eigenvalue weighted by Crippen LogP contribution is 2.17. The molecule has 1 aromatic heterocycles. The van der Waals surface area contributed by atoms with Gasteiger partial charge in [0.25, 0.3) is 0 Å². The number of carbonyl (C=O) groups is 1. The molecule has 0 spiro atoms. The highest BCUT2D eigenvalue weighted by molar-refractivity contribution is 7.89. The quantitative estimate of drug-likeness (QED) is 0.641. The number of aromatic nitrogens is 1. The van der Waals surface area contributed by atoms with Gasteiger partial charge >= 0.3 is 0 Å². The number of nitrogens with one attached hydrogen (secondary N) is 1. The van der Waals surface area contributed by atoms with Crippen LogP contribution in [0.2, 0.25) is 0 Å². The van der Waals surface area contributed by atoms with Crippen molar-refractivity contribution in [2.45, 2.75) is 38.1 Å². The Kier molecular flexibility index (Phi) is 8.16. The SMILES string of the molecule is CCN(CC)S(=O)(=O)c1ccc(CCC(=O)NCc2ccnc(N(C)C)c2)cc1. The first-order chi connectivity index (χ1) is 13.8. The van der Waals surface area contributed by atoms with Crippen LogP contribution in [0, 0.1) is 0 Å². The third-order valence-corrected chi connectivity index (χ3v) is 6.73. The topological polar surface area (TPSA) is 82.6 Å². The predicted octanol–water partition coefficient (Wildman–Crippen LogP) is 2.43. The molecule has 1 amide bonds. The molecule has 1 N–H and O–H groups in total. The number of amides is 1. The summed E-state index contributed by atoms with van der Waals surface area (Å²) in [5, 5.41) is 2.91. The zero-order valence-electron chi connectivity index (χ0n) is 17.6. The lowest BCUT2D eigenvalue weighted by atomic mass is 10.1. The Hall–Kier alpha value is -2.45. The Morgan fingerprint density at radius 3 is 2.28 bits per heavy atom. The van der Waals surface area contributed by atoms with E-state index in [9.17, 15) is 13.2 Å². The van der Waals surface area contributed by atoms with Crippen LogP contribution < -0.4 is 10.2 Å². The third-order valence-electron chi connectivity index (χ3n) is 4.67. The number of hydrogen-bond acceptors (Lipinski definition) is 5. The van der Waals surface area contributed by atoms with E-state index in [1.807, 2.05) is 45.0 Å². The van der Waals surface area contributed by atoms with Crippen molar-refractivity contribution < 1.29 is 13.2 Å². The molecule has 7 nitrogen and oxygen atoms in total. The number of hydrogen-bond donors (Lipinski definition) is 1. The van der Waals surface area contributed by atoms with E-state index in [-0.39, 0.29) is 10.8 Å². The average molecular weight is 419 g/mol. The molecule has 0 aliphatic rings. The van der Waals surface area contributed by atoms with Crippen LogP contribution in [-0.4, -0.2) is 50.8 Å². The van der Waals surface area contributed by atoms with Gasteiger partial charge in [-0.3, -0.25) is 4.79 Å². The normalized spacial score (nSPS) is 11.5. The Balaban J connectivity index is 1.88. The summed E-state index contributed by atoms with van der Waals surface area (Å²) in [7, 11) is 0.387. The fraction of sp³-hybridized carbons (Fsp3) is 0.429. The fourth-order valence-corrected chi connectivity index (χ4v) is 4.36. The monoisotopic (exact) mass is 418 g/mol. The van der Waals surface area contributed by atoms with Crippen LogP contribution in [0.5, 0.6) is 0 Å². The first kappa shape index (κ1) is 22.8. The third kappa shape index (κ3) is 6.27. The second kappa shape index (κ2) is 10.4. The maximum absolute atomic E-state index is 12.5. The lowest BCUT2D eigenvalue weighted by molar-refractivity contribution is -0.121. The first-order valence-corrected chi connectivity index (χ1v) is 11.2. The molecule has 0 unspecified atom stereocenters. The lowest BCUT2D eigenvalue weighted by Crippen LogP contribution is -2.30. The molecule has 0 saturated carbocycles. The van der Waals surface area contributed by atoms with Gasteiger partial charge in [-0.15, -0.1) is 0 Å². The maximum Gasteiger partial charge on any atom is 0.243 e. The van der Waals surface area contributed by atoms with Crippen LogP contribution in [0.4, 0.5) is 5.82 Å². The van der Waals surface area contributed by atoms with Crippen molar-refractivity contribution in [3.63, 3.8) is 0 Å². The summed E-state index contributed by atoms with van der Waals surface area (Å²) in [6, 6.07) is 10.6. The molecule has 8 heteroatoms. The van der Waals surface area contributed by atoms with Crippen molar-refractivity contribution >= 4 is 21.7 Å². The molecule has 158 valence electrons. The van der Waals surface area contributed by atoms with Crippen LogP contribution in [0.15, 0.2) is 47.5 Å². The Morgan fingerprint density at radius 1 is 1.03 bits per heavy atom. The van der Waals surface area contributed by atoms with E-state index >= 15 is 0 Å². The molecule has 0 atom stereocenters. The van der Waals surface area contributed by atoms with Gasteiger partial charge in [-0.25, -0.2) is 13.4 Å². The van der Waals surface area contributed by atoms with E-state index < -0.39 is 10.0 Å². The first-order valence-electron chi connectivity index (χ1n) is 9.76. The highest BCUT2D eigenvalue weighted by Gasteiger charge is 2.21. The van der Waals surface area contributed by atoms with E-state index in [0.29, 0.717) is 32.5 Å². The van der Waals surface area contributed by atoms with Crippen molar-refractivity contribution in [1.82, 2.24) is 14.6 Å². The van der Waals surface area contributed by atoms with E-state index in [1.54, 1.807) is 30.5 Å². The van der Waals surface area contributed by atoms with Gasteiger partial charge in [0.15, 0.2) is 0 Å². The summed E-state index contributed by atoms with van der Waals surface area (Å²) < 4.78 is 26.5. The van der Waals surface area contributed by atoms with Crippen LogP contribution >= 0.6 is 0 Å². The molecule has 0 radical (unpaired) electrons. The standard InChI is InChI=1S/C21H30N4O3S/c1-5-25(6-2)29(27,28)19-10-7-17(8-11-19)9-12-21(26)23-16-18-13-14-22-20(15-18)24(3)4/h7-8,10-11,13-15H,5-6,9,12,16H2,1-4H3,(H,23,26). The molecule has 29 heavy (non-hydrogen) atoms. The number of carbonyl (C=O) groups excluding carboxylic acids is 1.